The summed E-state index contributed by atoms with van der Waals surface area (Å²) in [6, 6.07) is 5.65. The van der Waals surface area contributed by atoms with Crippen molar-refractivity contribution < 1.29 is 23.8 Å². The Balaban J connectivity index is 2.02. The lowest BCUT2D eigenvalue weighted by atomic mass is 9.98. The first-order valence-electron chi connectivity index (χ1n) is 5.88. The zero-order chi connectivity index (χ0) is 13.9. The van der Waals surface area contributed by atoms with Crippen LogP contribution in [0.2, 0.25) is 0 Å². The number of ether oxygens (including phenoxy) is 1. The van der Waals surface area contributed by atoms with Crippen molar-refractivity contribution >= 4 is 11.9 Å². The molecular weight excluding hydrogens is 253 g/mol. The summed E-state index contributed by atoms with van der Waals surface area (Å²) in [5.41, 5.74) is -0.860. The first kappa shape index (κ1) is 13.5. The number of nitrogens with one attached hydrogen (secondary N) is 1. The highest BCUT2D eigenvalue weighted by atomic mass is 19.1. The van der Waals surface area contributed by atoms with Gasteiger partial charge in [-0.3, -0.25) is 4.79 Å². The van der Waals surface area contributed by atoms with Crippen molar-refractivity contribution in [3.05, 3.63) is 35.6 Å². The van der Waals surface area contributed by atoms with Gasteiger partial charge in [-0.05, 0) is 17.7 Å². The summed E-state index contributed by atoms with van der Waals surface area (Å²) >= 11 is 0. The number of halogens is 1. The molecule has 5 nitrogen and oxygen atoms in total. The van der Waals surface area contributed by atoms with Crippen LogP contribution in [0, 0.1) is 5.82 Å². The molecule has 1 aliphatic rings. The number of hydrogen-bond donors (Lipinski definition) is 2. The Morgan fingerprint density at radius 3 is 2.84 bits per heavy atom. The van der Waals surface area contributed by atoms with E-state index in [-0.39, 0.29) is 19.4 Å². The maximum absolute atomic E-state index is 13.0. The van der Waals surface area contributed by atoms with E-state index in [1.807, 2.05) is 0 Å². The predicted molar refractivity (Wildman–Crippen MR) is 64.0 cm³/mol. The minimum absolute atomic E-state index is 0.0444. The van der Waals surface area contributed by atoms with Crippen LogP contribution in [0.25, 0.3) is 0 Å². The van der Waals surface area contributed by atoms with Gasteiger partial charge in [0.25, 0.3) is 0 Å². The molecule has 1 aliphatic heterocycles. The van der Waals surface area contributed by atoms with Gasteiger partial charge in [-0.1, -0.05) is 12.1 Å². The van der Waals surface area contributed by atoms with E-state index in [1.54, 1.807) is 6.07 Å². The molecule has 0 aliphatic carbocycles. The number of carboxylic acids is 1. The van der Waals surface area contributed by atoms with Gasteiger partial charge in [-0.15, -0.1) is 0 Å². The van der Waals surface area contributed by atoms with Gasteiger partial charge >= 0.3 is 5.97 Å². The van der Waals surface area contributed by atoms with Crippen LogP contribution >= 0.6 is 0 Å². The van der Waals surface area contributed by atoms with Crippen LogP contribution in [0.15, 0.2) is 24.3 Å². The number of carbonyl (C=O) groups excluding carboxylic acids is 1. The summed E-state index contributed by atoms with van der Waals surface area (Å²) in [5, 5.41) is 11.6. The average molecular weight is 267 g/mol. The standard InChI is InChI=1S/C13H14FNO4/c14-10-3-1-2-9(6-10)7-11(16)15-13(12(17)18)4-5-19-8-13/h1-3,6H,4-5,7-8H2,(H,15,16)(H,17,18). The molecule has 19 heavy (non-hydrogen) atoms. The van der Waals surface area contributed by atoms with Crippen LogP contribution in [0.4, 0.5) is 4.39 Å². The number of rotatable bonds is 4. The van der Waals surface area contributed by atoms with Crippen LogP contribution in [0.5, 0.6) is 0 Å². The molecule has 1 fully saturated rings. The van der Waals surface area contributed by atoms with Crippen LogP contribution in [0.3, 0.4) is 0 Å². The molecule has 0 spiro atoms. The molecule has 0 aromatic heterocycles. The van der Waals surface area contributed by atoms with E-state index in [0.29, 0.717) is 12.2 Å². The van der Waals surface area contributed by atoms with Crippen molar-refractivity contribution in [2.75, 3.05) is 13.2 Å². The molecule has 1 amide bonds. The fourth-order valence-corrected chi connectivity index (χ4v) is 2.03. The molecule has 1 unspecified atom stereocenters. The van der Waals surface area contributed by atoms with E-state index < -0.39 is 23.2 Å². The second kappa shape index (κ2) is 5.36. The van der Waals surface area contributed by atoms with E-state index in [0.717, 1.165) is 0 Å². The van der Waals surface area contributed by atoms with Crippen LogP contribution in [0.1, 0.15) is 12.0 Å². The minimum atomic E-state index is -1.36. The highest BCUT2D eigenvalue weighted by Gasteiger charge is 2.43. The first-order valence-corrected chi connectivity index (χ1v) is 5.88. The van der Waals surface area contributed by atoms with Gasteiger partial charge in [-0.25, -0.2) is 9.18 Å². The topological polar surface area (TPSA) is 75.6 Å². The van der Waals surface area contributed by atoms with Gasteiger partial charge in [0.1, 0.15) is 5.82 Å². The first-order chi connectivity index (χ1) is 9.02. The van der Waals surface area contributed by atoms with Crippen molar-refractivity contribution in [3.63, 3.8) is 0 Å². The van der Waals surface area contributed by atoms with E-state index >= 15 is 0 Å². The van der Waals surface area contributed by atoms with Gasteiger partial charge in [-0.2, -0.15) is 0 Å². The highest BCUT2D eigenvalue weighted by Crippen LogP contribution is 2.19. The van der Waals surface area contributed by atoms with Crippen molar-refractivity contribution in [3.8, 4) is 0 Å². The molecule has 1 heterocycles. The third-order valence-corrected chi connectivity index (χ3v) is 3.06. The van der Waals surface area contributed by atoms with Gasteiger partial charge in [0.05, 0.1) is 13.0 Å². The average Bonchev–Trinajstić information content (AvgIpc) is 2.78. The predicted octanol–water partition coefficient (Wildman–Crippen LogP) is 0.728. The van der Waals surface area contributed by atoms with E-state index in [1.165, 1.54) is 18.2 Å². The summed E-state index contributed by atoms with van der Waals surface area (Å²) < 4.78 is 18.0. The Hall–Kier alpha value is -1.95. The highest BCUT2D eigenvalue weighted by molar-refractivity contribution is 5.88. The molecular formula is C13H14FNO4. The summed E-state index contributed by atoms with van der Waals surface area (Å²) in [4.78, 5) is 23.0. The summed E-state index contributed by atoms with van der Waals surface area (Å²) in [5.74, 6) is -2.00. The molecule has 1 saturated heterocycles. The minimum Gasteiger partial charge on any atom is -0.479 e. The molecule has 6 heteroatoms. The monoisotopic (exact) mass is 267 g/mol. The molecule has 1 aromatic carbocycles. The molecule has 0 radical (unpaired) electrons. The van der Waals surface area contributed by atoms with Gasteiger partial charge < -0.3 is 15.2 Å². The van der Waals surface area contributed by atoms with Crippen LogP contribution < -0.4 is 5.32 Å². The summed E-state index contributed by atoms with van der Waals surface area (Å²) in [6.45, 7) is 0.254. The second-order valence-corrected chi connectivity index (χ2v) is 4.54. The molecule has 0 bridgehead atoms. The Kier molecular flexibility index (Phi) is 3.80. The van der Waals surface area contributed by atoms with Gasteiger partial charge in [0.2, 0.25) is 5.91 Å². The zero-order valence-electron chi connectivity index (χ0n) is 10.2. The smallest absolute Gasteiger partial charge is 0.331 e. The molecule has 2 rings (SSSR count). The third kappa shape index (κ3) is 3.08. The van der Waals surface area contributed by atoms with Crippen LogP contribution in [-0.2, 0) is 20.7 Å². The lowest BCUT2D eigenvalue weighted by Crippen LogP contribution is -2.55. The number of amides is 1. The Labute approximate surface area is 109 Å². The maximum atomic E-state index is 13.0. The van der Waals surface area contributed by atoms with Crippen molar-refractivity contribution in [2.45, 2.75) is 18.4 Å². The third-order valence-electron chi connectivity index (χ3n) is 3.06. The van der Waals surface area contributed by atoms with Gasteiger partial charge in [0.15, 0.2) is 5.54 Å². The number of benzene rings is 1. The molecule has 2 N–H and O–H groups in total. The summed E-state index contributed by atoms with van der Waals surface area (Å²) in [6.07, 6.45) is 0.171. The van der Waals surface area contributed by atoms with Crippen LogP contribution in [-0.4, -0.2) is 35.7 Å². The second-order valence-electron chi connectivity index (χ2n) is 4.54. The number of hydrogen-bond acceptors (Lipinski definition) is 3. The van der Waals surface area contributed by atoms with E-state index in [4.69, 9.17) is 9.84 Å². The Morgan fingerprint density at radius 2 is 2.26 bits per heavy atom. The Bertz CT molecular complexity index is 497. The Morgan fingerprint density at radius 1 is 1.47 bits per heavy atom. The number of aliphatic carboxylic acids is 1. The van der Waals surface area contributed by atoms with Gasteiger partial charge in [0, 0.05) is 13.0 Å². The lowest BCUT2D eigenvalue weighted by molar-refractivity contribution is -0.147. The number of carbonyl (C=O) groups is 2. The van der Waals surface area contributed by atoms with E-state index in [2.05, 4.69) is 5.32 Å². The molecule has 102 valence electrons. The lowest BCUT2D eigenvalue weighted by Gasteiger charge is -2.23. The molecule has 1 aromatic rings. The quantitative estimate of drug-likeness (QED) is 0.843. The number of carboxylic acid groups (broad SMARTS) is 1. The van der Waals surface area contributed by atoms with Crippen molar-refractivity contribution in [1.29, 1.82) is 0 Å². The molecule has 1 atom stereocenters. The SMILES string of the molecule is O=C(Cc1cccc(F)c1)NC1(C(=O)O)CCOC1. The maximum Gasteiger partial charge on any atom is 0.331 e. The summed E-state index contributed by atoms with van der Waals surface area (Å²) in [7, 11) is 0. The largest absolute Gasteiger partial charge is 0.479 e. The van der Waals surface area contributed by atoms with Crippen molar-refractivity contribution in [2.24, 2.45) is 0 Å². The van der Waals surface area contributed by atoms with E-state index in [9.17, 15) is 14.0 Å². The normalized spacial score (nSPS) is 22.2. The van der Waals surface area contributed by atoms with Crippen molar-refractivity contribution in [1.82, 2.24) is 5.32 Å². The molecule has 0 saturated carbocycles. The zero-order valence-corrected chi connectivity index (χ0v) is 10.2. The fourth-order valence-electron chi connectivity index (χ4n) is 2.03. The fraction of sp³-hybridized carbons (Fsp3) is 0.385.